The van der Waals surface area contributed by atoms with E-state index in [4.69, 9.17) is 16.3 Å². The lowest BCUT2D eigenvalue weighted by Crippen LogP contribution is -2.22. The number of thiazole rings is 1. The third kappa shape index (κ3) is 5.06. The molecule has 1 N–H and O–H groups in total. The number of methoxy groups -OCH3 is 1. The van der Waals surface area contributed by atoms with Gasteiger partial charge in [-0.2, -0.15) is 0 Å². The molecule has 30 heavy (non-hydrogen) atoms. The zero-order valence-corrected chi connectivity index (χ0v) is 18.3. The highest BCUT2D eigenvalue weighted by molar-refractivity contribution is 7.14. The van der Waals surface area contributed by atoms with Crippen molar-refractivity contribution in [1.29, 1.82) is 0 Å². The molecule has 0 aliphatic carbocycles. The van der Waals surface area contributed by atoms with Crippen LogP contribution in [0.4, 0.5) is 16.5 Å². The number of hydrogen-bond acceptors (Lipinski definition) is 5. The van der Waals surface area contributed by atoms with Crippen LogP contribution in [0.5, 0.6) is 5.75 Å². The van der Waals surface area contributed by atoms with E-state index in [1.165, 1.54) is 36.3 Å². The number of carbonyl (C=O) groups excluding carboxylic acids is 2. The number of carbonyl (C=O) groups is 2. The van der Waals surface area contributed by atoms with Crippen LogP contribution in [0.15, 0.2) is 53.9 Å². The Morgan fingerprint density at radius 2 is 1.97 bits per heavy atom. The van der Waals surface area contributed by atoms with Crippen molar-refractivity contribution in [2.45, 2.75) is 13.8 Å². The maximum Gasteiger partial charge on any atom is 0.248 e. The summed E-state index contributed by atoms with van der Waals surface area (Å²) in [6, 6.07) is 12.7. The number of rotatable bonds is 6. The minimum atomic E-state index is -0.337. The van der Waals surface area contributed by atoms with Crippen molar-refractivity contribution in [2.24, 2.45) is 0 Å². The molecule has 154 valence electrons. The molecule has 0 aliphatic rings. The van der Waals surface area contributed by atoms with Crippen LogP contribution < -0.4 is 15.0 Å². The molecular formula is C22H20ClN3O3S. The molecular weight excluding hydrogens is 422 g/mol. The Hall–Kier alpha value is -3.16. The van der Waals surface area contributed by atoms with E-state index in [0.717, 1.165) is 11.3 Å². The summed E-state index contributed by atoms with van der Waals surface area (Å²) < 4.78 is 5.27. The Kier molecular flexibility index (Phi) is 6.87. The highest BCUT2D eigenvalue weighted by Crippen LogP contribution is 2.31. The molecule has 0 spiro atoms. The number of aryl methyl sites for hydroxylation is 1. The largest absolute Gasteiger partial charge is 0.495 e. The fraction of sp³-hybridized carbons (Fsp3) is 0.136. The van der Waals surface area contributed by atoms with Gasteiger partial charge in [-0.1, -0.05) is 29.8 Å². The van der Waals surface area contributed by atoms with Gasteiger partial charge in [-0.15, -0.1) is 11.3 Å². The fourth-order valence-electron chi connectivity index (χ4n) is 2.72. The van der Waals surface area contributed by atoms with Gasteiger partial charge in [0.2, 0.25) is 11.8 Å². The molecule has 6 nitrogen and oxygen atoms in total. The van der Waals surface area contributed by atoms with Crippen LogP contribution in [0, 0.1) is 6.92 Å². The first-order valence-electron chi connectivity index (χ1n) is 9.03. The molecule has 2 amide bonds. The quantitative estimate of drug-likeness (QED) is 0.516. The van der Waals surface area contributed by atoms with Gasteiger partial charge >= 0.3 is 0 Å². The van der Waals surface area contributed by atoms with Gasteiger partial charge in [0.15, 0.2) is 5.13 Å². The molecule has 3 rings (SSSR count). The molecule has 0 fully saturated rings. The van der Waals surface area contributed by atoms with Crippen molar-refractivity contribution in [2.75, 3.05) is 17.3 Å². The van der Waals surface area contributed by atoms with Gasteiger partial charge in [-0.05, 0) is 36.8 Å². The summed E-state index contributed by atoms with van der Waals surface area (Å²) in [5.74, 6) is -0.00617. The van der Waals surface area contributed by atoms with E-state index in [-0.39, 0.29) is 11.8 Å². The SMILES string of the molecule is COc1cc(Cl)c(C)cc1NC(=O)/C=C/c1csc(N(C(C)=O)c2ccccc2)n1. The summed E-state index contributed by atoms with van der Waals surface area (Å²) in [7, 11) is 1.51. The topological polar surface area (TPSA) is 71.5 Å². The summed E-state index contributed by atoms with van der Waals surface area (Å²) in [5.41, 5.74) is 2.66. The van der Waals surface area contributed by atoms with Crippen molar-refractivity contribution in [3.63, 3.8) is 0 Å². The maximum absolute atomic E-state index is 12.3. The highest BCUT2D eigenvalue weighted by Gasteiger charge is 2.17. The maximum atomic E-state index is 12.3. The number of halogens is 1. The Morgan fingerprint density at radius 1 is 1.23 bits per heavy atom. The van der Waals surface area contributed by atoms with Crippen molar-refractivity contribution in [3.8, 4) is 5.75 Å². The fourth-order valence-corrected chi connectivity index (χ4v) is 3.73. The van der Waals surface area contributed by atoms with Gasteiger partial charge in [-0.3, -0.25) is 14.5 Å². The average Bonchev–Trinajstić information content (AvgIpc) is 3.18. The first-order valence-corrected chi connectivity index (χ1v) is 10.3. The number of benzene rings is 2. The summed E-state index contributed by atoms with van der Waals surface area (Å²) in [5, 5.41) is 5.65. The monoisotopic (exact) mass is 441 g/mol. The van der Waals surface area contributed by atoms with Gasteiger partial charge in [0.05, 0.1) is 24.2 Å². The first-order chi connectivity index (χ1) is 14.4. The van der Waals surface area contributed by atoms with Gasteiger partial charge < -0.3 is 10.1 Å². The second-order valence-electron chi connectivity index (χ2n) is 6.37. The highest BCUT2D eigenvalue weighted by atomic mass is 35.5. The number of aromatic nitrogens is 1. The van der Waals surface area contributed by atoms with E-state index in [0.29, 0.717) is 27.3 Å². The van der Waals surface area contributed by atoms with Crippen LogP contribution in [0.2, 0.25) is 5.02 Å². The molecule has 2 aromatic carbocycles. The molecule has 1 aromatic heterocycles. The van der Waals surface area contributed by atoms with Gasteiger partial charge in [0.25, 0.3) is 0 Å². The number of anilines is 3. The van der Waals surface area contributed by atoms with Crippen LogP contribution >= 0.6 is 22.9 Å². The lowest BCUT2D eigenvalue weighted by Gasteiger charge is -2.17. The molecule has 3 aromatic rings. The van der Waals surface area contributed by atoms with Crippen LogP contribution in [0.1, 0.15) is 18.2 Å². The normalized spacial score (nSPS) is 10.8. The van der Waals surface area contributed by atoms with E-state index in [9.17, 15) is 9.59 Å². The van der Waals surface area contributed by atoms with Crippen LogP contribution in [-0.4, -0.2) is 23.9 Å². The predicted molar refractivity (Wildman–Crippen MR) is 122 cm³/mol. The molecule has 0 atom stereocenters. The Labute approximate surface area is 183 Å². The van der Waals surface area contributed by atoms with Crippen LogP contribution in [0.25, 0.3) is 6.08 Å². The molecule has 0 saturated carbocycles. The van der Waals surface area contributed by atoms with E-state index in [1.54, 1.807) is 23.6 Å². The molecule has 8 heteroatoms. The van der Waals surface area contributed by atoms with Crippen molar-refractivity contribution < 1.29 is 14.3 Å². The number of hydrogen-bond donors (Lipinski definition) is 1. The van der Waals surface area contributed by atoms with E-state index in [2.05, 4.69) is 10.3 Å². The van der Waals surface area contributed by atoms with Crippen molar-refractivity contribution in [1.82, 2.24) is 4.98 Å². The Morgan fingerprint density at radius 3 is 2.63 bits per heavy atom. The molecule has 1 heterocycles. The number of nitrogens with zero attached hydrogens (tertiary/aromatic N) is 2. The lowest BCUT2D eigenvalue weighted by atomic mass is 10.2. The molecule has 0 bridgehead atoms. The third-order valence-corrected chi connectivity index (χ3v) is 5.43. The summed E-state index contributed by atoms with van der Waals surface area (Å²) in [6.45, 7) is 3.33. The zero-order chi connectivity index (χ0) is 21.7. The summed E-state index contributed by atoms with van der Waals surface area (Å²) >= 11 is 7.42. The predicted octanol–water partition coefficient (Wildman–Crippen LogP) is 5.45. The molecule has 0 aliphatic heterocycles. The first kappa shape index (κ1) is 21.5. The lowest BCUT2D eigenvalue weighted by molar-refractivity contribution is -0.116. The third-order valence-electron chi connectivity index (χ3n) is 4.17. The second kappa shape index (κ2) is 9.56. The van der Waals surface area contributed by atoms with E-state index < -0.39 is 0 Å². The number of amides is 2. The van der Waals surface area contributed by atoms with E-state index >= 15 is 0 Å². The number of nitrogens with one attached hydrogen (secondary N) is 1. The molecule has 0 unspecified atom stereocenters. The summed E-state index contributed by atoms with van der Waals surface area (Å²) in [4.78, 5) is 30.5. The average molecular weight is 442 g/mol. The minimum absolute atomic E-state index is 0.144. The van der Waals surface area contributed by atoms with Crippen molar-refractivity contribution in [3.05, 3.63) is 70.2 Å². The molecule has 0 saturated heterocycles. The number of para-hydroxylation sites is 1. The second-order valence-corrected chi connectivity index (χ2v) is 7.61. The molecule has 0 radical (unpaired) electrons. The van der Waals surface area contributed by atoms with Crippen LogP contribution in [-0.2, 0) is 9.59 Å². The smallest absolute Gasteiger partial charge is 0.248 e. The standard InChI is InChI=1S/C22H20ClN3O3S/c1-14-11-19(20(29-3)12-18(14)23)25-21(28)10-9-16-13-30-22(24-16)26(15(2)27)17-7-5-4-6-8-17/h4-13H,1-3H3,(H,25,28)/b10-9+. The Bertz CT molecular complexity index is 1100. The summed E-state index contributed by atoms with van der Waals surface area (Å²) in [6.07, 6.45) is 2.97. The van der Waals surface area contributed by atoms with Gasteiger partial charge in [-0.25, -0.2) is 4.98 Å². The van der Waals surface area contributed by atoms with Gasteiger partial charge in [0.1, 0.15) is 5.75 Å². The van der Waals surface area contributed by atoms with Crippen molar-refractivity contribution >= 4 is 57.3 Å². The van der Waals surface area contributed by atoms with E-state index in [1.807, 2.05) is 37.3 Å². The van der Waals surface area contributed by atoms with Gasteiger partial charge in [0, 0.05) is 29.5 Å². The zero-order valence-electron chi connectivity index (χ0n) is 16.7. The minimum Gasteiger partial charge on any atom is -0.495 e. The Balaban J connectivity index is 1.75. The van der Waals surface area contributed by atoms with Crippen LogP contribution in [0.3, 0.4) is 0 Å². The number of ether oxygens (including phenoxy) is 1.